The number of unbranched alkanes of at least 4 members (excludes halogenated alkanes) is 2. The highest BCUT2D eigenvalue weighted by atomic mass is 15.3. The molecular weight excluding hydrogens is 268 g/mol. The highest BCUT2D eigenvalue weighted by Gasteiger charge is 1.94. The van der Waals surface area contributed by atoms with Crippen molar-refractivity contribution in [1.29, 1.82) is 0 Å². The molecule has 0 spiro atoms. The molecule has 0 saturated carbocycles. The molecule has 0 aromatic heterocycles. The Hall–Kier alpha value is -1.64. The van der Waals surface area contributed by atoms with Crippen LogP contribution in [0.5, 0.6) is 0 Å². The van der Waals surface area contributed by atoms with Gasteiger partial charge in [-0.15, -0.1) is 0 Å². The van der Waals surface area contributed by atoms with Gasteiger partial charge in [-0.2, -0.15) is 0 Å². The number of hydrogen-bond donors (Lipinski definition) is 2. The Morgan fingerprint density at radius 2 is 0.909 bits per heavy atom. The molecule has 2 heteroatoms. The van der Waals surface area contributed by atoms with Crippen LogP contribution >= 0.6 is 0 Å². The summed E-state index contributed by atoms with van der Waals surface area (Å²) in [6.45, 7) is 2.09. The minimum absolute atomic E-state index is 1.05. The van der Waals surface area contributed by atoms with Gasteiger partial charge in [-0.3, -0.25) is 10.9 Å². The second kappa shape index (κ2) is 11.0. The third kappa shape index (κ3) is 7.39. The smallest absolute Gasteiger partial charge is 0.00999 e. The lowest BCUT2D eigenvalue weighted by atomic mass is 10.1. The van der Waals surface area contributed by atoms with E-state index in [0.717, 1.165) is 13.1 Å². The fourth-order valence-electron chi connectivity index (χ4n) is 2.55. The zero-order chi connectivity index (χ0) is 15.3. The van der Waals surface area contributed by atoms with Crippen molar-refractivity contribution in [2.24, 2.45) is 0 Å². The number of hydrogen-bond acceptors (Lipinski definition) is 2. The summed E-state index contributed by atoms with van der Waals surface area (Å²) in [4.78, 5) is 0. The molecule has 0 amide bonds. The van der Waals surface area contributed by atoms with Crippen LogP contribution in [0.25, 0.3) is 0 Å². The summed E-state index contributed by atoms with van der Waals surface area (Å²) < 4.78 is 0. The zero-order valence-electron chi connectivity index (χ0n) is 13.4. The van der Waals surface area contributed by atoms with Crippen LogP contribution in [0.3, 0.4) is 0 Å². The molecule has 22 heavy (non-hydrogen) atoms. The van der Waals surface area contributed by atoms with Gasteiger partial charge in [-0.1, -0.05) is 60.7 Å². The van der Waals surface area contributed by atoms with Crippen molar-refractivity contribution in [2.45, 2.75) is 38.5 Å². The molecule has 0 aliphatic heterocycles. The van der Waals surface area contributed by atoms with E-state index in [0.29, 0.717) is 0 Å². The first kappa shape index (κ1) is 16.7. The largest absolute Gasteiger partial charge is 0.258 e. The van der Waals surface area contributed by atoms with Gasteiger partial charge in [0.25, 0.3) is 0 Å². The molecule has 2 rings (SSSR count). The fraction of sp³-hybridized carbons (Fsp3) is 0.400. The average Bonchev–Trinajstić information content (AvgIpc) is 2.58. The molecule has 2 nitrogen and oxygen atoms in total. The van der Waals surface area contributed by atoms with E-state index >= 15 is 0 Å². The standard InChI is InChI=1S/C20H28N2/c1-3-11-19(12-4-1)15-7-9-17-21-22-18-10-8-16-20-13-5-2-6-14-20/h1-6,11-14,21-22H,7-10,15-18H2. The Morgan fingerprint density at radius 3 is 1.32 bits per heavy atom. The minimum atomic E-state index is 1.05. The van der Waals surface area contributed by atoms with Crippen molar-refractivity contribution in [2.75, 3.05) is 13.1 Å². The van der Waals surface area contributed by atoms with Gasteiger partial charge in [0.1, 0.15) is 0 Å². The van der Waals surface area contributed by atoms with Crippen molar-refractivity contribution in [3.05, 3.63) is 71.8 Å². The van der Waals surface area contributed by atoms with Gasteiger partial charge in [0, 0.05) is 13.1 Å². The van der Waals surface area contributed by atoms with E-state index in [9.17, 15) is 0 Å². The number of benzene rings is 2. The summed E-state index contributed by atoms with van der Waals surface area (Å²) in [5, 5.41) is 0. The maximum absolute atomic E-state index is 3.32. The van der Waals surface area contributed by atoms with E-state index < -0.39 is 0 Å². The van der Waals surface area contributed by atoms with Crippen LogP contribution in [-0.2, 0) is 12.8 Å². The molecule has 0 fully saturated rings. The van der Waals surface area contributed by atoms with Gasteiger partial charge in [-0.25, -0.2) is 0 Å². The highest BCUT2D eigenvalue weighted by Crippen LogP contribution is 2.04. The summed E-state index contributed by atoms with van der Waals surface area (Å²) in [6.07, 6.45) is 7.27. The molecule has 2 aromatic rings. The molecule has 2 aromatic carbocycles. The van der Waals surface area contributed by atoms with E-state index in [1.165, 1.54) is 49.7 Å². The summed E-state index contributed by atoms with van der Waals surface area (Å²) in [5.41, 5.74) is 9.52. The van der Waals surface area contributed by atoms with Gasteiger partial charge in [0.05, 0.1) is 0 Å². The molecule has 0 aliphatic carbocycles. The van der Waals surface area contributed by atoms with Gasteiger partial charge < -0.3 is 0 Å². The molecular formula is C20H28N2. The Morgan fingerprint density at radius 1 is 0.500 bits per heavy atom. The molecule has 118 valence electrons. The van der Waals surface area contributed by atoms with Gasteiger partial charge >= 0.3 is 0 Å². The lowest BCUT2D eigenvalue weighted by molar-refractivity contribution is 0.497. The van der Waals surface area contributed by atoms with Crippen molar-refractivity contribution >= 4 is 0 Å². The summed E-state index contributed by atoms with van der Waals surface area (Å²) in [7, 11) is 0. The van der Waals surface area contributed by atoms with E-state index in [1.54, 1.807) is 0 Å². The number of aryl methyl sites for hydroxylation is 2. The summed E-state index contributed by atoms with van der Waals surface area (Å²) in [5.74, 6) is 0. The Balaban J connectivity index is 1.37. The molecule has 0 unspecified atom stereocenters. The average molecular weight is 296 g/mol. The fourth-order valence-corrected chi connectivity index (χ4v) is 2.55. The van der Waals surface area contributed by atoms with Gasteiger partial charge in [0.2, 0.25) is 0 Å². The Kier molecular flexibility index (Phi) is 8.36. The van der Waals surface area contributed by atoms with Crippen LogP contribution < -0.4 is 10.9 Å². The van der Waals surface area contributed by atoms with Crippen LogP contribution in [-0.4, -0.2) is 13.1 Å². The van der Waals surface area contributed by atoms with Crippen molar-refractivity contribution in [3.63, 3.8) is 0 Å². The lowest BCUT2D eigenvalue weighted by Crippen LogP contribution is -2.33. The first-order valence-corrected chi connectivity index (χ1v) is 8.49. The van der Waals surface area contributed by atoms with Gasteiger partial charge in [0.15, 0.2) is 0 Å². The van der Waals surface area contributed by atoms with Gasteiger partial charge in [-0.05, 0) is 49.7 Å². The number of nitrogens with one attached hydrogen (secondary N) is 2. The van der Waals surface area contributed by atoms with Crippen LogP contribution in [0, 0.1) is 0 Å². The maximum Gasteiger partial charge on any atom is 0.00999 e. The number of hydrazine groups is 1. The van der Waals surface area contributed by atoms with E-state index in [4.69, 9.17) is 0 Å². The first-order chi connectivity index (χ1) is 10.9. The van der Waals surface area contributed by atoms with E-state index in [-0.39, 0.29) is 0 Å². The van der Waals surface area contributed by atoms with Crippen LogP contribution in [0.4, 0.5) is 0 Å². The normalized spacial score (nSPS) is 10.7. The topological polar surface area (TPSA) is 24.1 Å². The monoisotopic (exact) mass is 296 g/mol. The Labute approximate surface area is 134 Å². The predicted molar refractivity (Wildman–Crippen MR) is 94.8 cm³/mol. The Bertz CT molecular complexity index is 434. The second-order valence-electron chi connectivity index (χ2n) is 5.74. The second-order valence-corrected chi connectivity index (χ2v) is 5.74. The summed E-state index contributed by atoms with van der Waals surface area (Å²) >= 11 is 0. The van der Waals surface area contributed by atoms with Crippen LogP contribution in [0.15, 0.2) is 60.7 Å². The molecule has 0 aliphatic rings. The lowest BCUT2D eigenvalue weighted by Gasteiger charge is -2.07. The molecule has 0 saturated heterocycles. The van der Waals surface area contributed by atoms with Crippen molar-refractivity contribution in [3.8, 4) is 0 Å². The molecule has 0 heterocycles. The van der Waals surface area contributed by atoms with Crippen LogP contribution in [0.2, 0.25) is 0 Å². The maximum atomic E-state index is 3.32. The van der Waals surface area contributed by atoms with E-state index in [1.807, 2.05) is 0 Å². The molecule has 0 atom stereocenters. The van der Waals surface area contributed by atoms with E-state index in [2.05, 4.69) is 71.5 Å². The zero-order valence-corrected chi connectivity index (χ0v) is 13.4. The van der Waals surface area contributed by atoms with Crippen molar-refractivity contribution in [1.82, 2.24) is 10.9 Å². The number of rotatable bonds is 11. The SMILES string of the molecule is c1ccc(CCCCNNCCCCc2ccccc2)cc1. The molecule has 0 bridgehead atoms. The minimum Gasteiger partial charge on any atom is -0.258 e. The quantitative estimate of drug-likeness (QED) is 0.481. The van der Waals surface area contributed by atoms with Crippen molar-refractivity contribution < 1.29 is 0 Å². The third-order valence-corrected chi connectivity index (χ3v) is 3.85. The molecule has 0 radical (unpaired) electrons. The van der Waals surface area contributed by atoms with Crippen LogP contribution in [0.1, 0.15) is 36.8 Å². The molecule has 2 N–H and O–H groups in total. The third-order valence-electron chi connectivity index (χ3n) is 3.85. The predicted octanol–water partition coefficient (Wildman–Crippen LogP) is 4.13. The highest BCUT2D eigenvalue weighted by molar-refractivity contribution is 5.15. The first-order valence-electron chi connectivity index (χ1n) is 8.49. The summed E-state index contributed by atoms with van der Waals surface area (Å²) in [6, 6.07) is 21.4.